The van der Waals surface area contributed by atoms with Gasteiger partial charge in [0.25, 0.3) is 0 Å². The van der Waals surface area contributed by atoms with E-state index in [0.29, 0.717) is 0 Å². The molecule has 17 heavy (non-hydrogen) atoms. The van der Waals surface area contributed by atoms with E-state index in [2.05, 4.69) is 5.32 Å². The maximum atomic E-state index is 11.6. The topological polar surface area (TPSA) is 61.9 Å². The first-order chi connectivity index (χ1) is 8.22. The van der Waals surface area contributed by atoms with Gasteiger partial charge in [-0.1, -0.05) is 0 Å². The second kappa shape index (κ2) is 5.35. The molecule has 2 saturated heterocycles. The van der Waals surface area contributed by atoms with Crippen LogP contribution >= 0.6 is 0 Å². The molecule has 0 saturated carbocycles. The van der Waals surface area contributed by atoms with Gasteiger partial charge in [-0.2, -0.15) is 0 Å². The molecule has 0 aromatic heterocycles. The van der Waals surface area contributed by atoms with Crippen LogP contribution in [0.3, 0.4) is 0 Å². The Morgan fingerprint density at radius 1 is 1.35 bits per heavy atom. The fourth-order valence-corrected chi connectivity index (χ4v) is 2.40. The number of rotatable bonds is 2. The van der Waals surface area contributed by atoms with Crippen molar-refractivity contribution in [1.29, 1.82) is 0 Å². The smallest absolute Gasteiger partial charge is 0.331 e. The van der Waals surface area contributed by atoms with Crippen LogP contribution in [0.15, 0.2) is 0 Å². The highest BCUT2D eigenvalue weighted by Gasteiger charge is 2.31. The first-order valence-corrected chi connectivity index (χ1v) is 6.10. The number of urea groups is 1. The number of nitrogens with zero attached hydrogens (tertiary/aromatic N) is 2. The molecule has 0 aromatic carbocycles. The Hall–Kier alpha value is -1.30. The van der Waals surface area contributed by atoms with E-state index < -0.39 is 0 Å². The van der Waals surface area contributed by atoms with E-state index in [4.69, 9.17) is 4.74 Å². The summed E-state index contributed by atoms with van der Waals surface area (Å²) in [6.45, 7) is 3.02. The van der Waals surface area contributed by atoms with Crippen molar-refractivity contribution >= 4 is 12.0 Å². The molecule has 0 aromatic rings. The Balaban J connectivity index is 1.86. The predicted octanol–water partition coefficient (Wildman–Crippen LogP) is 0.202. The van der Waals surface area contributed by atoms with Gasteiger partial charge in [0.05, 0.1) is 13.0 Å². The van der Waals surface area contributed by atoms with Crippen LogP contribution in [0.1, 0.15) is 19.3 Å². The molecular weight excluding hydrogens is 222 g/mol. The number of hydrogen-bond donors (Lipinski definition) is 1. The van der Waals surface area contributed by atoms with Gasteiger partial charge >= 0.3 is 12.0 Å². The molecular formula is C11H19N3O3. The summed E-state index contributed by atoms with van der Waals surface area (Å²) in [5, 5.41) is 6.62. The van der Waals surface area contributed by atoms with Gasteiger partial charge in [0.2, 0.25) is 0 Å². The summed E-state index contributed by atoms with van der Waals surface area (Å²) in [4.78, 5) is 23.0. The minimum Gasteiger partial charge on any atom is -0.469 e. The van der Waals surface area contributed by atoms with E-state index in [0.717, 1.165) is 45.4 Å². The zero-order chi connectivity index (χ0) is 12.3. The largest absolute Gasteiger partial charge is 0.469 e. The fraction of sp³-hybridized carbons (Fsp3) is 0.818. The third kappa shape index (κ3) is 2.69. The van der Waals surface area contributed by atoms with Gasteiger partial charge in [-0.25, -0.2) is 9.80 Å². The molecule has 2 rings (SSSR count). The van der Waals surface area contributed by atoms with E-state index in [9.17, 15) is 9.59 Å². The summed E-state index contributed by atoms with van der Waals surface area (Å²) >= 11 is 0. The highest BCUT2D eigenvalue weighted by atomic mass is 16.5. The maximum Gasteiger partial charge on any atom is 0.331 e. The average molecular weight is 241 g/mol. The number of carbonyl (C=O) groups is 2. The van der Waals surface area contributed by atoms with Crippen molar-refractivity contribution in [2.75, 3.05) is 33.3 Å². The summed E-state index contributed by atoms with van der Waals surface area (Å²) in [6.07, 6.45) is 2.50. The zero-order valence-electron chi connectivity index (χ0n) is 10.1. The van der Waals surface area contributed by atoms with Gasteiger partial charge in [0.1, 0.15) is 0 Å². The van der Waals surface area contributed by atoms with Gasteiger partial charge in [0.15, 0.2) is 0 Å². The quantitative estimate of drug-likeness (QED) is 0.702. The van der Waals surface area contributed by atoms with Crippen LogP contribution in [0.2, 0.25) is 0 Å². The molecule has 0 spiro atoms. The van der Waals surface area contributed by atoms with Crippen LogP contribution in [-0.4, -0.2) is 55.3 Å². The third-order valence-electron chi connectivity index (χ3n) is 3.40. The van der Waals surface area contributed by atoms with E-state index in [1.165, 1.54) is 7.11 Å². The maximum absolute atomic E-state index is 11.6. The van der Waals surface area contributed by atoms with Crippen molar-refractivity contribution in [2.24, 2.45) is 5.92 Å². The first-order valence-electron chi connectivity index (χ1n) is 6.10. The molecule has 0 aliphatic carbocycles. The number of esters is 1. The lowest BCUT2D eigenvalue weighted by molar-refractivity contribution is -0.148. The monoisotopic (exact) mass is 241 g/mol. The zero-order valence-corrected chi connectivity index (χ0v) is 10.1. The van der Waals surface area contributed by atoms with Gasteiger partial charge in [-0.3, -0.25) is 9.80 Å². The Morgan fingerprint density at radius 2 is 2.06 bits per heavy atom. The van der Waals surface area contributed by atoms with E-state index in [-0.39, 0.29) is 17.9 Å². The Bertz CT molecular complexity index is 300. The lowest BCUT2D eigenvalue weighted by atomic mass is 9.98. The molecule has 0 radical (unpaired) electrons. The number of amides is 2. The summed E-state index contributed by atoms with van der Waals surface area (Å²) in [6, 6.07) is -0.0206. The normalized spacial score (nSPS) is 23.4. The summed E-state index contributed by atoms with van der Waals surface area (Å²) < 4.78 is 4.74. The van der Waals surface area contributed by atoms with E-state index in [1.54, 1.807) is 5.01 Å². The second-order valence-corrected chi connectivity index (χ2v) is 4.46. The van der Waals surface area contributed by atoms with Gasteiger partial charge < -0.3 is 10.1 Å². The minimum absolute atomic E-state index is 0.0101. The average Bonchev–Trinajstić information content (AvgIpc) is 2.39. The van der Waals surface area contributed by atoms with Crippen LogP contribution in [0.5, 0.6) is 0 Å². The molecule has 96 valence electrons. The number of hydrogen-bond acceptors (Lipinski definition) is 4. The standard InChI is InChI=1S/C11H19N3O3/c1-17-10(15)9-3-7-13(8-4-9)14-6-2-5-12-11(14)16/h9H,2-8H2,1H3,(H,12,16). The molecule has 0 bridgehead atoms. The van der Waals surface area contributed by atoms with Crippen LogP contribution in [0, 0.1) is 5.92 Å². The van der Waals surface area contributed by atoms with E-state index in [1.807, 2.05) is 5.01 Å². The molecule has 6 heteroatoms. The Morgan fingerprint density at radius 3 is 2.65 bits per heavy atom. The van der Waals surface area contributed by atoms with Gasteiger partial charge in [-0.05, 0) is 19.3 Å². The molecule has 2 fully saturated rings. The molecule has 2 aliphatic heterocycles. The van der Waals surface area contributed by atoms with Crippen molar-refractivity contribution in [2.45, 2.75) is 19.3 Å². The molecule has 1 N–H and O–H groups in total. The number of piperidine rings is 1. The first kappa shape index (κ1) is 12.2. The molecule has 0 unspecified atom stereocenters. The summed E-state index contributed by atoms with van der Waals surface area (Å²) in [5.41, 5.74) is 0. The fourth-order valence-electron chi connectivity index (χ4n) is 2.40. The van der Waals surface area contributed by atoms with Crippen LogP contribution in [0.4, 0.5) is 4.79 Å². The number of hydrazine groups is 1. The number of carbonyl (C=O) groups excluding carboxylic acids is 2. The lowest BCUT2D eigenvalue weighted by Crippen LogP contribution is -2.57. The van der Waals surface area contributed by atoms with Gasteiger partial charge in [0, 0.05) is 26.2 Å². The predicted molar refractivity (Wildman–Crippen MR) is 61.0 cm³/mol. The molecule has 2 aliphatic rings. The van der Waals surface area contributed by atoms with E-state index >= 15 is 0 Å². The van der Waals surface area contributed by atoms with Crippen molar-refractivity contribution in [3.63, 3.8) is 0 Å². The van der Waals surface area contributed by atoms with Crippen LogP contribution in [-0.2, 0) is 9.53 Å². The molecule has 0 atom stereocenters. The van der Waals surface area contributed by atoms with Crippen LogP contribution in [0.25, 0.3) is 0 Å². The highest BCUT2D eigenvalue weighted by Crippen LogP contribution is 2.20. The van der Waals surface area contributed by atoms with Crippen LogP contribution < -0.4 is 5.32 Å². The number of methoxy groups -OCH3 is 1. The molecule has 2 amide bonds. The third-order valence-corrected chi connectivity index (χ3v) is 3.40. The second-order valence-electron chi connectivity index (χ2n) is 4.46. The number of nitrogens with one attached hydrogen (secondary N) is 1. The summed E-state index contributed by atoms with van der Waals surface area (Å²) in [5.74, 6) is -0.142. The molecule has 2 heterocycles. The highest BCUT2D eigenvalue weighted by molar-refractivity contribution is 5.74. The minimum atomic E-state index is -0.132. The van der Waals surface area contributed by atoms with Crippen molar-refractivity contribution < 1.29 is 14.3 Å². The summed E-state index contributed by atoms with van der Waals surface area (Å²) in [7, 11) is 1.42. The molecule has 6 nitrogen and oxygen atoms in total. The SMILES string of the molecule is COC(=O)C1CCN(N2CCCNC2=O)CC1. The van der Waals surface area contributed by atoms with Gasteiger partial charge in [-0.15, -0.1) is 0 Å². The lowest BCUT2D eigenvalue weighted by Gasteiger charge is -2.40. The van der Waals surface area contributed by atoms with Crippen molar-refractivity contribution in [3.05, 3.63) is 0 Å². The van der Waals surface area contributed by atoms with Crippen molar-refractivity contribution in [3.8, 4) is 0 Å². The number of ether oxygens (including phenoxy) is 1. The Labute approximate surface area is 101 Å². The van der Waals surface area contributed by atoms with Crippen molar-refractivity contribution in [1.82, 2.24) is 15.3 Å². The Kier molecular flexibility index (Phi) is 3.83.